The Morgan fingerprint density at radius 2 is 1.62 bits per heavy atom. The molecule has 1 aliphatic rings. The first-order valence-electron chi connectivity index (χ1n) is 15.1. The summed E-state index contributed by atoms with van der Waals surface area (Å²) < 4.78 is 27.7. The number of nitrogens with zero attached hydrogens (tertiary/aromatic N) is 5. The van der Waals surface area contributed by atoms with Crippen LogP contribution in [-0.2, 0) is 27.8 Å². The summed E-state index contributed by atoms with van der Waals surface area (Å²) in [5.74, 6) is 2.09. The molecule has 0 bridgehead atoms. The summed E-state index contributed by atoms with van der Waals surface area (Å²) >= 11 is 1.16. The molecule has 238 valence electrons. The highest BCUT2D eigenvalue weighted by atomic mass is 32.2. The van der Waals surface area contributed by atoms with Crippen LogP contribution in [0.15, 0.2) is 47.4 Å². The van der Waals surface area contributed by atoms with E-state index in [-0.39, 0.29) is 21.9 Å². The fourth-order valence-corrected chi connectivity index (χ4v) is 7.07. The molecular weight excluding hydrogens is 611 g/mol. The zero-order valence-corrected chi connectivity index (χ0v) is 27.6. The average molecular weight is 650 g/mol. The molecule has 45 heavy (non-hydrogen) atoms. The third-order valence-corrected chi connectivity index (χ3v) is 10.3. The number of anilines is 4. The number of hydrogen-bond acceptors (Lipinski definition) is 11. The van der Waals surface area contributed by atoms with Crippen molar-refractivity contribution in [1.82, 2.24) is 25.1 Å². The largest absolute Gasteiger partial charge is 0.354 e. The molecule has 5 rings (SSSR count). The van der Waals surface area contributed by atoms with E-state index >= 15 is 0 Å². The van der Waals surface area contributed by atoms with Crippen LogP contribution in [0.1, 0.15) is 60.1 Å². The Bertz CT molecular complexity index is 1740. The highest BCUT2D eigenvalue weighted by Gasteiger charge is 2.27. The number of aryl methyl sites for hydroxylation is 3. The van der Waals surface area contributed by atoms with Gasteiger partial charge in [0, 0.05) is 31.1 Å². The smallest absolute Gasteiger partial charge is 0.263 e. The van der Waals surface area contributed by atoms with Gasteiger partial charge in [0.1, 0.15) is 10.8 Å². The maximum Gasteiger partial charge on any atom is 0.263 e. The number of benzene rings is 2. The molecule has 4 N–H and O–H groups in total. The van der Waals surface area contributed by atoms with E-state index in [2.05, 4.69) is 77.9 Å². The van der Waals surface area contributed by atoms with Gasteiger partial charge in [-0.15, -0.1) is 10.2 Å². The fourth-order valence-electron chi connectivity index (χ4n) is 5.25. The Balaban J connectivity index is 1.09. The maximum atomic E-state index is 13.0. The molecule has 1 saturated carbocycles. The molecule has 0 spiro atoms. The highest BCUT2D eigenvalue weighted by molar-refractivity contribution is 7.93. The molecular formula is C31H39N9O3S2. The molecule has 0 aliphatic heterocycles. The summed E-state index contributed by atoms with van der Waals surface area (Å²) in [6, 6.07) is 12.4. The molecule has 14 heteroatoms. The van der Waals surface area contributed by atoms with Gasteiger partial charge >= 0.3 is 0 Å². The first-order valence-corrected chi connectivity index (χ1v) is 17.4. The third kappa shape index (κ3) is 8.51. The van der Waals surface area contributed by atoms with Gasteiger partial charge in [0.25, 0.3) is 10.0 Å². The number of amides is 1. The van der Waals surface area contributed by atoms with Gasteiger partial charge in [-0.2, -0.15) is 15.0 Å². The van der Waals surface area contributed by atoms with Gasteiger partial charge < -0.3 is 16.0 Å². The minimum Gasteiger partial charge on any atom is -0.354 e. The maximum absolute atomic E-state index is 13.0. The van der Waals surface area contributed by atoms with Gasteiger partial charge in [-0.25, -0.2) is 8.42 Å². The van der Waals surface area contributed by atoms with Crippen molar-refractivity contribution in [2.45, 2.75) is 71.2 Å². The molecule has 0 atom stereocenters. The molecule has 2 aromatic carbocycles. The number of carbonyl (C=O) groups excluding carboxylic acids is 1. The monoisotopic (exact) mass is 649 g/mol. The second kappa shape index (κ2) is 14.3. The van der Waals surface area contributed by atoms with Crippen molar-refractivity contribution in [3.05, 3.63) is 70.0 Å². The Hall–Kier alpha value is -4.17. The third-order valence-electron chi connectivity index (χ3n) is 8.10. The summed E-state index contributed by atoms with van der Waals surface area (Å²) in [4.78, 5) is 26.8. The van der Waals surface area contributed by atoms with Crippen LogP contribution in [0.2, 0.25) is 0 Å². The van der Waals surface area contributed by atoms with Crippen LogP contribution in [0.25, 0.3) is 0 Å². The molecule has 0 unspecified atom stereocenters. The van der Waals surface area contributed by atoms with Crippen LogP contribution < -0.4 is 20.7 Å². The normalized spacial score (nSPS) is 16.6. The second-order valence-corrected chi connectivity index (χ2v) is 14.2. The first-order chi connectivity index (χ1) is 21.6. The molecule has 12 nitrogen and oxygen atoms in total. The first kappa shape index (κ1) is 32.2. The van der Waals surface area contributed by atoms with Crippen molar-refractivity contribution < 1.29 is 13.2 Å². The van der Waals surface area contributed by atoms with Gasteiger partial charge in [0.15, 0.2) is 0 Å². The van der Waals surface area contributed by atoms with Crippen molar-refractivity contribution in [3.63, 3.8) is 0 Å². The summed E-state index contributed by atoms with van der Waals surface area (Å²) in [7, 11) is -3.80. The lowest BCUT2D eigenvalue weighted by molar-refractivity contribution is -0.121. The minimum absolute atomic E-state index is 0.0518. The molecule has 0 radical (unpaired) electrons. The van der Waals surface area contributed by atoms with Gasteiger partial charge in [-0.05, 0) is 93.3 Å². The molecule has 2 heterocycles. The van der Waals surface area contributed by atoms with Crippen LogP contribution in [0.4, 0.5) is 22.7 Å². The Labute approximate surface area is 268 Å². The van der Waals surface area contributed by atoms with Crippen molar-refractivity contribution in [2.24, 2.45) is 11.8 Å². The van der Waals surface area contributed by atoms with E-state index < -0.39 is 10.0 Å². The molecule has 1 fully saturated rings. The van der Waals surface area contributed by atoms with Crippen LogP contribution >= 0.6 is 11.3 Å². The summed E-state index contributed by atoms with van der Waals surface area (Å²) in [5.41, 5.74) is 4.28. The zero-order chi connectivity index (χ0) is 32.0. The van der Waals surface area contributed by atoms with Crippen LogP contribution in [0, 0.1) is 32.6 Å². The summed E-state index contributed by atoms with van der Waals surface area (Å²) in [6.45, 7) is 9.36. The summed E-state index contributed by atoms with van der Waals surface area (Å²) in [5, 5.41) is 18.2. The zero-order valence-electron chi connectivity index (χ0n) is 25.9. The number of sulfonamides is 1. The van der Waals surface area contributed by atoms with E-state index in [1.807, 2.05) is 6.92 Å². The van der Waals surface area contributed by atoms with Gasteiger partial charge in [0.2, 0.25) is 22.9 Å². The van der Waals surface area contributed by atoms with Crippen molar-refractivity contribution in [2.75, 3.05) is 27.2 Å². The van der Waals surface area contributed by atoms with E-state index in [0.29, 0.717) is 41.5 Å². The Kier molecular flexibility index (Phi) is 10.2. The van der Waals surface area contributed by atoms with Crippen LogP contribution in [-0.4, -0.2) is 46.0 Å². The van der Waals surface area contributed by atoms with E-state index in [1.165, 1.54) is 28.8 Å². The van der Waals surface area contributed by atoms with E-state index in [9.17, 15) is 13.2 Å². The number of nitrogens with one attached hydrogen (secondary N) is 4. The quantitative estimate of drug-likeness (QED) is 0.154. The molecule has 0 saturated heterocycles. The minimum atomic E-state index is -3.80. The Morgan fingerprint density at radius 1 is 0.911 bits per heavy atom. The number of aromatic nitrogens is 5. The SMILES string of the molecule is CCc1nc(NCc2cccc(C)c2C)nc(NCC2CCC(C(=O)Nc3ccc(S(=O)(=O)Nc4nnc(C)s4)cc3)CC2)n1. The molecule has 2 aromatic heterocycles. The van der Waals surface area contributed by atoms with Crippen molar-refractivity contribution in [3.8, 4) is 0 Å². The van der Waals surface area contributed by atoms with Gasteiger partial charge in [-0.3, -0.25) is 9.52 Å². The van der Waals surface area contributed by atoms with E-state index in [4.69, 9.17) is 0 Å². The summed E-state index contributed by atoms with van der Waals surface area (Å²) in [6.07, 6.45) is 4.06. The number of rotatable bonds is 12. The second-order valence-electron chi connectivity index (χ2n) is 11.3. The predicted molar refractivity (Wildman–Crippen MR) is 177 cm³/mol. The average Bonchev–Trinajstić information content (AvgIpc) is 3.44. The van der Waals surface area contributed by atoms with E-state index in [0.717, 1.165) is 49.4 Å². The Morgan fingerprint density at radius 3 is 2.29 bits per heavy atom. The molecule has 1 aliphatic carbocycles. The topological polar surface area (TPSA) is 164 Å². The van der Waals surface area contributed by atoms with Crippen molar-refractivity contribution in [1.29, 1.82) is 0 Å². The number of carbonyl (C=O) groups is 1. The van der Waals surface area contributed by atoms with Crippen LogP contribution in [0.3, 0.4) is 0 Å². The lowest BCUT2D eigenvalue weighted by Gasteiger charge is -2.28. The van der Waals surface area contributed by atoms with Crippen LogP contribution in [0.5, 0.6) is 0 Å². The predicted octanol–water partition coefficient (Wildman–Crippen LogP) is 5.48. The number of hydrogen-bond donors (Lipinski definition) is 4. The van der Waals surface area contributed by atoms with E-state index in [1.54, 1.807) is 19.1 Å². The highest BCUT2D eigenvalue weighted by Crippen LogP contribution is 2.30. The van der Waals surface area contributed by atoms with Gasteiger partial charge in [-0.1, -0.05) is 36.5 Å². The molecule has 1 amide bonds. The van der Waals surface area contributed by atoms with Gasteiger partial charge in [0.05, 0.1) is 4.90 Å². The molecule has 4 aromatic rings. The standard InChI is InChI=1S/C31H39N9O3S2/c1-5-27-35-29(37-30(36-27)33-18-24-8-6-7-19(2)20(24)3)32-17-22-9-11-23(12-10-22)28(41)34-25-13-15-26(16-14-25)45(42,43)40-31-39-38-21(4)44-31/h6-8,13-16,22-23H,5,9-12,17-18H2,1-4H3,(H,34,41)(H,39,40)(H2,32,33,35,36,37). The van der Waals surface area contributed by atoms with Crippen molar-refractivity contribution >= 4 is 50.0 Å². The lowest BCUT2D eigenvalue weighted by Crippen LogP contribution is -2.29. The fraction of sp³-hybridized carbons (Fsp3) is 0.419. The lowest BCUT2D eigenvalue weighted by atomic mass is 9.81.